The fourth-order valence-corrected chi connectivity index (χ4v) is 3.04. The van der Waals surface area contributed by atoms with Gasteiger partial charge in [-0.2, -0.15) is 13.2 Å². The van der Waals surface area contributed by atoms with Gasteiger partial charge in [-0.15, -0.1) is 0 Å². The molecule has 1 aromatic rings. The molecule has 1 rings (SSSR count). The highest BCUT2D eigenvalue weighted by Gasteiger charge is 2.25. The van der Waals surface area contributed by atoms with Gasteiger partial charge in [0.05, 0.1) is 0 Å². The van der Waals surface area contributed by atoms with Gasteiger partial charge in [0.25, 0.3) is 0 Å². The average molecular weight is 328 g/mol. The van der Waals surface area contributed by atoms with Crippen LogP contribution < -0.4 is 0 Å². The molecule has 0 saturated heterocycles. The van der Waals surface area contributed by atoms with Crippen LogP contribution >= 0.6 is 0 Å². The van der Waals surface area contributed by atoms with Gasteiger partial charge in [-0.3, -0.25) is 4.79 Å². The number of benzene rings is 1. The van der Waals surface area contributed by atoms with Crippen LogP contribution in [0.5, 0.6) is 0 Å². The molecule has 0 aliphatic heterocycles. The number of rotatable bonds is 11. The zero-order valence-corrected chi connectivity index (χ0v) is 13.9. The maximum atomic E-state index is 12.1. The number of hydrogen-bond donors (Lipinski definition) is 0. The predicted octanol–water partition coefficient (Wildman–Crippen LogP) is 6.68. The summed E-state index contributed by atoms with van der Waals surface area (Å²) in [7, 11) is 0. The number of hydrogen-bond acceptors (Lipinski definition) is 1. The molecular formula is C19H27F3O. The molecule has 0 spiro atoms. The van der Waals surface area contributed by atoms with Gasteiger partial charge in [-0.1, -0.05) is 63.3 Å². The van der Waals surface area contributed by atoms with Crippen molar-refractivity contribution in [2.75, 3.05) is 0 Å². The van der Waals surface area contributed by atoms with Crippen molar-refractivity contribution in [2.45, 2.75) is 76.8 Å². The second kappa shape index (κ2) is 10.5. The Bertz CT molecular complexity index is 454. The van der Waals surface area contributed by atoms with Crippen LogP contribution in [0.4, 0.5) is 13.2 Å². The lowest BCUT2D eigenvalue weighted by atomic mass is 9.86. The molecule has 1 atom stereocenters. The number of carbonyl (C=O) groups is 1. The van der Waals surface area contributed by atoms with E-state index in [9.17, 15) is 18.0 Å². The smallest absolute Gasteiger partial charge is 0.298 e. The molecule has 1 unspecified atom stereocenters. The van der Waals surface area contributed by atoms with Gasteiger partial charge in [0.1, 0.15) is 6.29 Å². The lowest BCUT2D eigenvalue weighted by Crippen LogP contribution is -2.06. The van der Waals surface area contributed by atoms with Crippen molar-refractivity contribution >= 4 is 6.29 Å². The van der Waals surface area contributed by atoms with Gasteiger partial charge in [0, 0.05) is 12.0 Å². The molecule has 1 aromatic carbocycles. The zero-order chi connectivity index (χ0) is 17.1. The summed E-state index contributed by atoms with van der Waals surface area (Å²) in [5, 5.41) is 0. The number of halogens is 3. The molecule has 1 nitrogen and oxygen atoms in total. The zero-order valence-electron chi connectivity index (χ0n) is 13.9. The topological polar surface area (TPSA) is 17.1 Å². The van der Waals surface area contributed by atoms with E-state index in [4.69, 9.17) is 0 Å². The molecule has 0 fully saturated rings. The van der Waals surface area contributed by atoms with E-state index < -0.39 is 12.6 Å². The molecule has 0 radical (unpaired) electrons. The molecule has 0 heterocycles. The molecule has 0 saturated carbocycles. The van der Waals surface area contributed by atoms with E-state index in [-0.39, 0.29) is 6.42 Å². The van der Waals surface area contributed by atoms with Gasteiger partial charge in [-0.25, -0.2) is 0 Å². The van der Waals surface area contributed by atoms with Crippen LogP contribution in [-0.4, -0.2) is 12.5 Å². The summed E-state index contributed by atoms with van der Waals surface area (Å²) in [6, 6.07) is 7.70. The quantitative estimate of drug-likeness (QED) is 0.327. The lowest BCUT2D eigenvalue weighted by Gasteiger charge is -2.18. The molecule has 23 heavy (non-hydrogen) atoms. The number of carbonyl (C=O) groups excluding carboxylic acids is 1. The third-order valence-corrected chi connectivity index (χ3v) is 4.21. The van der Waals surface area contributed by atoms with Crippen molar-refractivity contribution in [1.29, 1.82) is 0 Å². The molecule has 130 valence electrons. The summed E-state index contributed by atoms with van der Waals surface area (Å²) in [4.78, 5) is 11.2. The second-order valence-electron chi connectivity index (χ2n) is 6.15. The highest BCUT2D eigenvalue weighted by atomic mass is 19.4. The Hall–Kier alpha value is -1.32. The van der Waals surface area contributed by atoms with E-state index in [1.54, 1.807) is 0 Å². The van der Waals surface area contributed by atoms with E-state index in [0.29, 0.717) is 12.3 Å². The largest absolute Gasteiger partial charge is 0.389 e. The summed E-state index contributed by atoms with van der Waals surface area (Å²) in [5.41, 5.74) is 1.87. The molecule has 0 aliphatic rings. The highest BCUT2D eigenvalue weighted by molar-refractivity contribution is 5.77. The average Bonchev–Trinajstić information content (AvgIpc) is 2.52. The molecule has 0 aliphatic carbocycles. The SMILES string of the molecule is CCCC(CCCCCCCC(F)(F)F)c1ccccc1C=O. The first-order valence-corrected chi connectivity index (χ1v) is 8.58. The van der Waals surface area contributed by atoms with Crippen LogP contribution in [-0.2, 0) is 0 Å². The Morgan fingerprint density at radius 2 is 1.65 bits per heavy atom. The third-order valence-electron chi connectivity index (χ3n) is 4.21. The maximum Gasteiger partial charge on any atom is 0.389 e. The normalized spacial score (nSPS) is 13.0. The fraction of sp³-hybridized carbons (Fsp3) is 0.632. The van der Waals surface area contributed by atoms with E-state index in [1.807, 2.05) is 24.3 Å². The van der Waals surface area contributed by atoms with Gasteiger partial charge in [-0.05, 0) is 30.7 Å². The molecular weight excluding hydrogens is 301 g/mol. The van der Waals surface area contributed by atoms with Crippen LogP contribution in [0.3, 0.4) is 0 Å². The summed E-state index contributed by atoms with van der Waals surface area (Å²) in [5.74, 6) is 0.372. The first kappa shape index (κ1) is 19.7. The summed E-state index contributed by atoms with van der Waals surface area (Å²) in [6.07, 6.45) is 3.01. The van der Waals surface area contributed by atoms with Crippen LogP contribution in [0.1, 0.15) is 86.6 Å². The van der Waals surface area contributed by atoms with E-state index >= 15 is 0 Å². The summed E-state index contributed by atoms with van der Waals surface area (Å²) >= 11 is 0. The van der Waals surface area contributed by atoms with Gasteiger partial charge in [0.15, 0.2) is 0 Å². The Labute approximate surface area is 137 Å². The first-order chi connectivity index (χ1) is 11.0. The van der Waals surface area contributed by atoms with Crippen LogP contribution in [0.15, 0.2) is 24.3 Å². The number of aldehydes is 1. The van der Waals surface area contributed by atoms with Gasteiger partial charge in [0.2, 0.25) is 0 Å². The molecule has 0 N–H and O–H groups in total. The van der Waals surface area contributed by atoms with E-state index in [2.05, 4.69) is 6.92 Å². The van der Waals surface area contributed by atoms with Crippen molar-refractivity contribution in [3.63, 3.8) is 0 Å². The van der Waals surface area contributed by atoms with Crippen LogP contribution in [0.2, 0.25) is 0 Å². The second-order valence-corrected chi connectivity index (χ2v) is 6.15. The fourth-order valence-electron chi connectivity index (χ4n) is 3.04. The maximum absolute atomic E-state index is 12.1. The lowest BCUT2D eigenvalue weighted by molar-refractivity contribution is -0.135. The Kier molecular flexibility index (Phi) is 8.97. The first-order valence-electron chi connectivity index (χ1n) is 8.58. The summed E-state index contributed by atoms with van der Waals surface area (Å²) in [6.45, 7) is 2.13. The molecule has 0 aromatic heterocycles. The Morgan fingerprint density at radius 1 is 1.00 bits per heavy atom. The minimum absolute atomic E-state index is 0.232. The predicted molar refractivity (Wildman–Crippen MR) is 87.9 cm³/mol. The van der Waals surface area contributed by atoms with Crippen LogP contribution in [0, 0.1) is 0 Å². The van der Waals surface area contributed by atoms with Crippen molar-refractivity contribution in [3.05, 3.63) is 35.4 Å². The molecule has 0 bridgehead atoms. The molecule has 4 heteroatoms. The number of unbranched alkanes of at least 4 members (excludes halogenated alkanes) is 4. The summed E-state index contributed by atoms with van der Waals surface area (Å²) < 4.78 is 36.2. The standard InChI is InChI=1S/C19H27F3O/c1-2-10-16(18-13-8-7-12-17(18)15-23)11-6-4-3-5-9-14-19(20,21)22/h7-8,12-13,15-16H,2-6,9-11,14H2,1H3. The third kappa shape index (κ3) is 8.19. The monoisotopic (exact) mass is 328 g/mol. The highest BCUT2D eigenvalue weighted by Crippen LogP contribution is 2.29. The minimum atomic E-state index is -4.02. The minimum Gasteiger partial charge on any atom is -0.298 e. The van der Waals surface area contributed by atoms with Crippen molar-refractivity contribution in [1.82, 2.24) is 0 Å². The molecule has 0 amide bonds. The van der Waals surface area contributed by atoms with Crippen molar-refractivity contribution in [2.24, 2.45) is 0 Å². The van der Waals surface area contributed by atoms with Gasteiger partial charge >= 0.3 is 6.18 Å². The Morgan fingerprint density at radius 3 is 2.30 bits per heavy atom. The number of alkyl halides is 3. The van der Waals surface area contributed by atoms with Crippen molar-refractivity contribution in [3.8, 4) is 0 Å². The van der Waals surface area contributed by atoms with Crippen molar-refractivity contribution < 1.29 is 18.0 Å². The Balaban J connectivity index is 2.35. The van der Waals surface area contributed by atoms with Crippen LogP contribution in [0.25, 0.3) is 0 Å². The van der Waals surface area contributed by atoms with E-state index in [0.717, 1.165) is 55.9 Å². The van der Waals surface area contributed by atoms with Gasteiger partial charge < -0.3 is 0 Å². The van der Waals surface area contributed by atoms with E-state index in [1.165, 1.54) is 0 Å².